The van der Waals surface area contributed by atoms with Crippen molar-refractivity contribution in [1.29, 1.82) is 0 Å². The van der Waals surface area contributed by atoms with Crippen LogP contribution in [0.2, 0.25) is 0 Å². The summed E-state index contributed by atoms with van der Waals surface area (Å²) in [4.78, 5) is 21.0. The number of para-hydroxylation sites is 1. The van der Waals surface area contributed by atoms with Crippen LogP contribution in [0.5, 0.6) is 0 Å². The second-order valence-corrected chi connectivity index (χ2v) is 7.81. The van der Waals surface area contributed by atoms with E-state index >= 15 is 0 Å². The van der Waals surface area contributed by atoms with Crippen LogP contribution in [0.3, 0.4) is 0 Å². The lowest BCUT2D eigenvalue weighted by Crippen LogP contribution is -2.45. The SMILES string of the molecule is CN1CCN(c2cc3ncc4c(=O)n(-c5ccccc5)[nH]c4c3cc2C(F)(F)F)CC1. The van der Waals surface area contributed by atoms with Gasteiger partial charge in [0.15, 0.2) is 0 Å². The summed E-state index contributed by atoms with van der Waals surface area (Å²) in [6, 6.07) is 11.5. The van der Waals surface area contributed by atoms with Crippen molar-refractivity contribution in [1.82, 2.24) is 19.7 Å². The number of pyridine rings is 1. The summed E-state index contributed by atoms with van der Waals surface area (Å²) in [6.07, 6.45) is -3.10. The molecule has 1 saturated heterocycles. The molecule has 0 unspecified atom stereocenters. The maximum Gasteiger partial charge on any atom is 0.418 e. The Hall–Kier alpha value is -3.33. The number of piperazine rings is 1. The highest BCUT2D eigenvalue weighted by atomic mass is 19.4. The predicted octanol–water partition coefficient (Wildman–Crippen LogP) is 3.64. The molecule has 0 radical (unpaired) electrons. The summed E-state index contributed by atoms with van der Waals surface area (Å²) < 4.78 is 43.4. The summed E-state index contributed by atoms with van der Waals surface area (Å²) >= 11 is 0. The molecule has 1 aliphatic rings. The maximum absolute atomic E-state index is 14.0. The molecule has 0 spiro atoms. The molecule has 2 aromatic heterocycles. The Morgan fingerprint density at radius 2 is 1.71 bits per heavy atom. The van der Waals surface area contributed by atoms with Gasteiger partial charge in [0, 0.05) is 37.8 Å². The molecule has 2 aromatic carbocycles. The zero-order chi connectivity index (χ0) is 21.8. The number of alkyl halides is 3. The van der Waals surface area contributed by atoms with Crippen LogP contribution in [-0.4, -0.2) is 52.9 Å². The highest BCUT2D eigenvalue weighted by molar-refractivity contribution is 6.04. The molecule has 1 aliphatic heterocycles. The highest BCUT2D eigenvalue weighted by Gasteiger charge is 2.36. The van der Waals surface area contributed by atoms with Gasteiger partial charge in [0.1, 0.15) is 0 Å². The van der Waals surface area contributed by atoms with Crippen molar-refractivity contribution in [2.75, 3.05) is 38.1 Å². The number of fused-ring (bicyclic) bond motifs is 3. The molecule has 1 N–H and O–H groups in total. The Labute approximate surface area is 175 Å². The molecule has 9 heteroatoms. The van der Waals surface area contributed by atoms with E-state index in [-0.39, 0.29) is 22.0 Å². The zero-order valence-electron chi connectivity index (χ0n) is 16.8. The normalized spacial score (nSPS) is 15.8. The largest absolute Gasteiger partial charge is 0.418 e. The van der Waals surface area contributed by atoms with Crippen molar-refractivity contribution in [3.05, 3.63) is 64.6 Å². The molecule has 6 nitrogen and oxygen atoms in total. The number of hydrogen-bond acceptors (Lipinski definition) is 4. The van der Waals surface area contributed by atoms with Crippen LogP contribution >= 0.6 is 0 Å². The van der Waals surface area contributed by atoms with E-state index in [9.17, 15) is 18.0 Å². The van der Waals surface area contributed by atoms with Gasteiger partial charge in [0.25, 0.3) is 5.56 Å². The Morgan fingerprint density at radius 3 is 2.39 bits per heavy atom. The molecule has 5 rings (SSSR count). The second kappa shape index (κ2) is 7.12. The molecule has 1 fully saturated rings. The number of hydrogen-bond donors (Lipinski definition) is 1. The van der Waals surface area contributed by atoms with Crippen molar-refractivity contribution in [3.63, 3.8) is 0 Å². The van der Waals surface area contributed by atoms with Crippen LogP contribution in [0.1, 0.15) is 5.56 Å². The number of nitrogens with one attached hydrogen (secondary N) is 1. The number of nitrogens with zero attached hydrogens (tertiary/aromatic N) is 4. The summed E-state index contributed by atoms with van der Waals surface area (Å²) in [6.45, 7) is 2.40. The lowest BCUT2D eigenvalue weighted by atomic mass is 10.0. The minimum Gasteiger partial charge on any atom is -0.368 e. The summed E-state index contributed by atoms with van der Waals surface area (Å²) in [5, 5.41) is 3.50. The van der Waals surface area contributed by atoms with Gasteiger partial charge in [-0.1, -0.05) is 18.2 Å². The first kappa shape index (κ1) is 19.6. The molecule has 0 aliphatic carbocycles. The number of rotatable bonds is 2. The Kier molecular flexibility index (Phi) is 4.51. The van der Waals surface area contributed by atoms with Crippen molar-refractivity contribution in [2.45, 2.75) is 6.18 Å². The summed E-state index contributed by atoms with van der Waals surface area (Å²) in [7, 11) is 1.95. The maximum atomic E-state index is 14.0. The third kappa shape index (κ3) is 3.34. The predicted molar refractivity (Wildman–Crippen MR) is 114 cm³/mol. The fraction of sp³-hybridized carbons (Fsp3) is 0.273. The van der Waals surface area contributed by atoms with Gasteiger partial charge in [-0.25, -0.2) is 4.68 Å². The van der Waals surface area contributed by atoms with Crippen molar-refractivity contribution >= 4 is 27.5 Å². The Balaban J connectivity index is 1.74. The van der Waals surface area contributed by atoms with Gasteiger partial charge in [-0.3, -0.25) is 14.9 Å². The Morgan fingerprint density at radius 1 is 1.00 bits per heavy atom. The summed E-state index contributed by atoms with van der Waals surface area (Å²) in [5.41, 5.74) is 0.413. The van der Waals surface area contributed by atoms with Gasteiger partial charge in [-0.2, -0.15) is 13.2 Å². The van der Waals surface area contributed by atoms with Crippen molar-refractivity contribution in [3.8, 4) is 5.69 Å². The first-order chi connectivity index (χ1) is 14.8. The molecular formula is C22H20F3N5O. The third-order valence-corrected chi connectivity index (χ3v) is 5.81. The lowest BCUT2D eigenvalue weighted by molar-refractivity contribution is -0.137. The van der Waals surface area contributed by atoms with Gasteiger partial charge < -0.3 is 9.80 Å². The highest BCUT2D eigenvalue weighted by Crippen LogP contribution is 2.40. The van der Waals surface area contributed by atoms with E-state index in [4.69, 9.17) is 0 Å². The number of halogens is 3. The zero-order valence-corrected chi connectivity index (χ0v) is 16.8. The van der Waals surface area contributed by atoms with E-state index < -0.39 is 11.7 Å². The fourth-order valence-corrected chi connectivity index (χ4v) is 4.09. The lowest BCUT2D eigenvalue weighted by Gasteiger charge is -2.35. The molecule has 0 amide bonds. The molecule has 0 saturated carbocycles. The minimum atomic E-state index is -4.53. The van der Waals surface area contributed by atoms with Crippen LogP contribution in [0.4, 0.5) is 18.9 Å². The number of aromatic amines is 1. The quantitative estimate of drug-likeness (QED) is 0.531. The molecular weight excluding hydrogens is 407 g/mol. The standard InChI is InChI=1S/C22H20F3N5O/c1-28-7-9-29(10-8-28)19-12-18-15(11-17(19)22(23,24)25)20-16(13-26-18)21(31)30(27-20)14-5-3-2-4-6-14/h2-6,11-13,27H,7-10H2,1H3. The van der Waals surface area contributed by atoms with Crippen LogP contribution in [-0.2, 0) is 6.18 Å². The number of aromatic nitrogens is 3. The van der Waals surface area contributed by atoms with E-state index in [1.165, 1.54) is 16.9 Å². The van der Waals surface area contributed by atoms with E-state index in [0.29, 0.717) is 42.9 Å². The molecule has 160 valence electrons. The van der Waals surface area contributed by atoms with E-state index in [1.807, 2.05) is 13.1 Å². The van der Waals surface area contributed by atoms with E-state index in [1.54, 1.807) is 29.2 Å². The molecule has 31 heavy (non-hydrogen) atoms. The number of benzene rings is 2. The van der Waals surface area contributed by atoms with Gasteiger partial charge in [0.2, 0.25) is 0 Å². The minimum absolute atomic E-state index is 0.129. The molecule has 4 aromatic rings. The van der Waals surface area contributed by atoms with E-state index in [2.05, 4.69) is 15.0 Å². The smallest absolute Gasteiger partial charge is 0.368 e. The first-order valence-corrected chi connectivity index (χ1v) is 9.96. The molecule has 3 heterocycles. The van der Waals surface area contributed by atoms with E-state index in [0.717, 1.165) is 6.07 Å². The first-order valence-electron chi connectivity index (χ1n) is 9.96. The average molecular weight is 427 g/mol. The van der Waals surface area contributed by atoms with Crippen LogP contribution in [0.25, 0.3) is 27.5 Å². The van der Waals surface area contributed by atoms with Gasteiger partial charge in [-0.15, -0.1) is 0 Å². The van der Waals surface area contributed by atoms with Crippen LogP contribution in [0.15, 0.2) is 53.5 Å². The summed E-state index contributed by atoms with van der Waals surface area (Å²) in [5.74, 6) is 0. The van der Waals surface area contributed by atoms with Gasteiger partial charge >= 0.3 is 6.18 Å². The number of likely N-dealkylation sites (N-methyl/N-ethyl adjacent to an activating group) is 1. The van der Waals surface area contributed by atoms with Crippen molar-refractivity contribution in [2.24, 2.45) is 0 Å². The Bertz CT molecular complexity index is 1320. The van der Waals surface area contributed by atoms with Crippen LogP contribution < -0.4 is 10.5 Å². The van der Waals surface area contributed by atoms with Crippen molar-refractivity contribution < 1.29 is 13.2 Å². The number of anilines is 1. The average Bonchev–Trinajstić information content (AvgIpc) is 3.10. The molecule has 0 atom stereocenters. The number of H-pyrrole nitrogens is 1. The topological polar surface area (TPSA) is 57.2 Å². The third-order valence-electron chi connectivity index (χ3n) is 5.81. The van der Waals surface area contributed by atoms with Gasteiger partial charge in [0.05, 0.1) is 33.4 Å². The van der Waals surface area contributed by atoms with Crippen LogP contribution in [0, 0.1) is 0 Å². The van der Waals surface area contributed by atoms with Gasteiger partial charge in [-0.05, 0) is 31.3 Å². The fourth-order valence-electron chi connectivity index (χ4n) is 4.09. The molecule has 0 bridgehead atoms. The monoisotopic (exact) mass is 427 g/mol. The second-order valence-electron chi connectivity index (χ2n) is 7.81.